The Balaban J connectivity index is 1.75. The van der Waals surface area contributed by atoms with Gasteiger partial charge in [-0.25, -0.2) is 9.89 Å². The molecule has 0 aliphatic carbocycles. The van der Waals surface area contributed by atoms with E-state index < -0.39 is 5.97 Å². The summed E-state index contributed by atoms with van der Waals surface area (Å²) in [4.78, 5) is 11.8. The molecule has 23 heavy (non-hydrogen) atoms. The molecule has 0 bridgehead atoms. The topological polar surface area (TPSA) is 79.9 Å². The van der Waals surface area contributed by atoms with Crippen molar-refractivity contribution in [3.8, 4) is 0 Å². The number of fused-ring (bicyclic) bond motifs is 1. The zero-order chi connectivity index (χ0) is 16.2. The van der Waals surface area contributed by atoms with Crippen LogP contribution in [0.4, 0.5) is 5.82 Å². The molecule has 0 aliphatic rings. The van der Waals surface area contributed by atoms with Gasteiger partial charge in [-0.15, -0.1) is 5.10 Å². The van der Waals surface area contributed by atoms with Crippen LogP contribution < -0.4 is 5.32 Å². The van der Waals surface area contributed by atoms with Gasteiger partial charge in [-0.1, -0.05) is 35.0 Å². The number of nitrogens with one attached hydrogen (secondary N) is 2. The SMILES string of the molecule is CCOC(=O)c1[nH]nnc1NCc1ccc2cc(Cl)ccc2c1. The van der Waals surface area contributed by atoms with Crippen molar-refractivity contribution in [1.82, 2.24) is 15.4 Å². The molecule has 3 rings (SSSR count). The minimum absolute atomic E-state index is 0.222. The number of esters is 1. The molecule has 1 aromatic heterocycles. The Morgan fingerprint density at radius 3 is 2.87 bits per heavy atom. The zero-order valence-electron chi connectivity index (χ0n) is 12.5. The number of hydrogen-bond donors (Lipinski definition) is 2. The van der Waals surface area contributed by atoms with Crippen LogP contribution in [0, 0.1) is 0 Å². The minimum Gasteiger partial charge on any atom is -0.461 e. The Morgan fingerprint density at radius 1 is 1.26 bits per heavy atom. The fraction of sp³-hybridized carbons (Fsp3) is 0.188. The normalized spacial score (nSPS) is 10.7. The summed E-state index contributed by atoms with van der Waals surface area (Å²) in [6.45, 7) is 2.55. The number of H-pyrrole nitrogens is 1. The Kier molecular flexibility index (Phi) is 4.43. The van der Waals surface area contributed by atoms with E-state index in [-0.39, 0.29) is 5.69 Å². The van der Waals surface area contributed by atoms with Crippen LogP contribution in [0.5, 0.6) is 0 Å². The van der Waals surface area contributed by atoms with Crippen molar-refractivity contribution < 1.29 is 9.53 Å². The van der Waals surface area contributed by atoms with Crippen molar-refractivity contribution >= 4 is 34.2 Å². The van der Waals surface area contributed by atoms with Crippen LogP contribution in [0.1, 0.15) is 23.0 Å². The van der Waals surface area contributed by atoms with Crippen molar-refractivity contribution in [1.29, 1.82) is 0 Å². The molecular formula is C16H15ClN4O2. The second kappa shape index (κ2) is 6.66. The van der Waals surface area contributed by atoms with E-state index in [1.807, 2.05) is 30.3 Å². The highest BCUT2D eigenvalue weighted by Crippen LogP contribution is 2.21. The van der Waals surface area contributed by atoms with Gasteiger partial charge in [-0.2, -0.15) is 0 Å². The van der Waals surface area contributed by atoms with Crippen molar-refractivity contribution in [3.05, 3.63) is 52.7 Å². The molecule has 0 amide bonds. The van der Waals surface area contributed by atoms with Crippen LogP contribution in [0.25, 0.3) is 10.8 Å². The maximum absolute atomic E-state index is 11.8. The number of carbonyl (C=O) groups excluding carboxylic acids is 1. The van der Waals surface area contributed by atoms with Crippen LogP contribution in [0.3, 0.4) is 0 Å². The third-order valence-corrected chi connectivity index (χ3v) is 3.59. The first-order valence-corrected chi connectivity index (χ1v) is 7.55. The molecule has 0 atom stereocenters. The summed E-state index contributed by atoms with van der Waals surface area (Å²) < 4.78 is 4.95. The summed E-state index contributed by atoms with van der Waals surface area (Å²) in [5.74, 6) is -0.104. The first-order chi connectivity index (χ1) is 11.2. The summed E-state index contributed by atoms with van der Waals surface area (Å²) in [6, 6.07) is 11.8. The lowest BCUT2D eigenvalue weighted by molar-refractivity contribution is 0.0520. The highest BCUT2D eigenvalue weighted by Gasteiger charge is 2.16. The van der Waals surface area contributed by atoms with Gasteiger partial charge in [0.25, 0.3) is 0 Å². The molecule has 0 saturated heterocycles. The molecular weight excluding hydrogens is 316 g/mol. The number of halogens is 1. The number of aromatic amines is 1. The van der Waals surface area contributed by atoms with E-state index in [1.165, 1.54) is 0 Å². The van der Waals surface area contributed by atoms with E-state index >= 15 is 0 Å². The molecule has 1 heterocycles. The predicted octanol–water partition coefficient (Wildman–Crippen LogP) is 3.40. The number of rotatable bonds is 5. The van der Waals surface area contributed by atoms with E-state index in [0.717, 1.165) is 16.3 Å². The summed E-state index contributed by atoms with van der Waals surface area (Å²) >= 11 is 5.99. The summed E-state index contributed by atoms with van der Waals surface area (Å²) in [6.07, 6.45) is 0. The van der Waals surface area contributed by atoms with E-state index in [9.17, 15) is 4.79 Å². The van der Waals surface area contributed by atoms with Crippen LogP contribution in [0.2, 0.25) is 5.02 Å². The second-order valence-electron chi connectivity index (χ2n) is 4.94. The van der Waals surface area contributed by atoms with Gasteiger partial charge in [0.05, 0.1) is 6.61 Å². The van der Waals surface area contributed by atoms with Crippen molar-refractivity contribution in [2.75, 3.05) is 11.9 Å². The highest BCUT2D eigenvalue weighted by molar-refractivity contribution is 6.31. The smallest absolute Gasteiger partial charge is 0.360 e. The Labute approximate surface area is 137 Å². The maximum Gasteiger partial charge on any atom is 0.360 e. The van der Waals surface area contributed by atoms with Gasteiger partial charge >= 0.3 is 5.97 Å². The molecule has 2 aromatic carbocycles. The third kappa shape index (κ3) is 3.43. The van der Waals surface area contributed by atoms with Crippen molar-refractivity contribution in [2.45, 2.75) is 13.5 Å². The molecule has 0 radical (unpaired) electrons. The van der Waals surface area contributed by atoms with Gasteiger partial charge in [0.15, 0.2) is 11.5 Å². The van der Waals surface area contributed by atoms with Gasteiger partial charge < -0.3 is 10.1 Å². The van der Waals surface area contributed by atoms with Crippen LogP contribution >= 0.6 is 11.6 Å². The Hall–Kier alpha value is -2.60. The summed E-state index contributed by atoms with van der Waals surface area (Å²) in [5.41, 5.74) is 1.28. The number of anilines is 1. The van der Waals surface area contributed by atoms with E-state index in [2.05, 4.69) is 26.8 Å². The van der Waals surface area contributed by atoms with Gasteiger partial charge in [-0.3, -0.25) is 0 Å². The van der Waals surface area contributed by atoms with E-state index in [0.29, 0.717) is 24.0 Å². The fourth-order valence-electron chi connectivity index (χ4n) is 2.26. The maximum atomic E-state index is 11.8. The highest BCUT2D eigenvalue weighted by atomic mass is 35.5. The molecule has 118 valence electrons. The molecule has 3 aromatic rings. The number of aromatic nitrogens is 3. The number of hydrogen-bond acceptors (Lipinski definition) is 5. The molecule has 0 fully saturated rings. The summed E-state index contributed by atoms with van der Waals surface area (Å²) in [5, 5.41) is 16.0. The van der Waals surface area contributed by atoms with Crippen molar-refractivity contribution in [3.63, 3.8) is 0 Å². The van der Waals surface area contributed by atoms with E-state index in [1.54, 1.807) is 6.92 Å². The third-order valence-electron chi connectivity index (χ3n) is 3.35. The summed E-state index contributed by atoms with van der Waals surface area (Å²) in [7, 11) is 0. The van der Waals surface area contributed by atoms with Crippen LogP contribution in [-0.4, -0.2) is 28.0 Å². The molecule has 6 nitrogen and oxygen atoms in total. The average Bonchev–Trinajstić information content (AvgIpc) is 3.01. The zero-order valence-corrected chi connectivity index (χ0v) is 13.2. The monoisotopic (exact) mass is 330 g/mol. The largest absolute Gasteiger partial charge is 0.461 e. The lowest BCUT2D eigenvalue weighted by atomic mass is 10.1. The lowest BCUT2D eigenvalue weighted by Crippen LogP contribution is -2.09. The first kappa shape index (κ1) is 15.3. The molecule has 0 saturated carbocycles. The van der Waals surface area contributed by atoms with Gasteiger partial charge in [0.1, 0.15) is 0 Å². The van der Waals surface area contributed by atoms with Gasteiger partial charge in [0, 0.05) is 11.6 Å². The van der Waals surface area contributed by atoms with Crippen LogP contribution in [0.15, 0.2) is 36.4 Å². The van der Waals surface area contributed by atoms with Crippen molar-refractivity contribution in [2.24, 2.45) is 0 Å². The predicted molar refractivity (Wildman–Crippen MR) is 88.6 cm³/mol. The van der Waals surface area contributed by atoms with E-state index in [4.69, 9.17) is 16.3 Å². The molecule has 0 spiro atoms. The van der Waals surface area contributed by atoms with Gasteiger partial charge in [0.2, 0.25) is 0 Å². The number of nitrogens with zero attached hydrogens (tertiary/aromatic N) is 2. The molecule has 2 N–H and O–H groups in total. The number of ether oxygens (including phenoxy) is 1. The second-order valence-corrected chi connectivity index (χ2v) is 5.37. The molecule has 0 aliphatic heterocycles. The molecule has 7 heteroatoms. The first-order valence-electron chi connectivity index (χ1n) is 7.17. The van der Waals surface area contributed by atoms with Gasteiger partial charge in [-0.05, 0) is 41.5 Å². The van der Waals surface area contributed by atoms with Crippen LogP contribution in [-0.2, 0) is 11.3 Å². The fourth-order valence-corrected chi connectivity index (χ4v) is 2.44. The Morgan fingerprint density at radius 2 is 2.04 bits per heavy atom. The lowest BCUT2D eigenvalue weighted by Gasteiger charge is -2.07. The average molecular weight is 331 g/mol. The molecule has 0 unspecified atom stereocenters. The Bertz CT molecular complexity index is 847. The number of benzene rings is 2. The standard InChI is InChI=1S/C16H15ClN4O2/c1-2-23-16(22)14-15(20-21-19-14)18-9-10-3-4-12-8-13(17)6-5-11(12)7-10/h3-8H,2,9H2,1H3,(H2,18,19,20,21). The number of carbonyl (C=O) groups is 1. The minimum atomic E-state index is -0.479. The quantitative estimate of drug-likeness (QED) is 0.701.